The van der Waals surface area contributed by atoms with Crippen LogP contribution in [0.5, 0.6) is 0 Å². The third-order valence-corrected chi connectivity index (χ3v) is 7.80. The second kappa shape index (κ2) is 9.55. The minimum absolute atomic E-state index is 0.0958. The van der Waals surface area contributed by atoms with E-state index in [0.29, 0.717) is 37.7 Å². The summed E-state index contributed by atoms with van der Waals surface area (Å²) in [5, 5.41) is 1.72. The van der Waals surface area contributed by atoms with Gasteiger partial charge in [0.25, 0.3) is 0 Å². The van der Waals surface area contributed by atoms with E-state index < -0.39 is 0 Å². The summed E-state index contributed by atoms with van der Waals surface area (Å²) in [6.07, 6.45) is 1.51. The first kappa shape index (κ1) is 21.4. The van der Waals surface area contributed by atoms with Crippen molar-refractivity contribution in [3.63, 3.8) is 0 Å². The molecule has 1 amide bonds. The lowest BCUT2D eigenvalue weighted by atomic mass is 10.2. The zero-order valence-corrected chi connectivity index (χ0v) is 19.1. The van der Waals surface area contributed by atoms with Crippen molar-refractivity contribution in [3.05, 3.63) is 36.4 Å². The Morgan fingerprint density at radius 2 is 1.78 bits per heavy atom. The summed E-state index contributed by atoms with van der Waals surface area (Å²) in [6, 6.07) is 6.50. The largest absolute Gasteiger partial charge is 0.378 e. The lowest BCUT2D eigenvalue weighted by molar-refractivity contribution is -0.128. The Bertz CT molecular complexity index is 1080. The minimum Gasteiger partial charge on any atom is -0.378 e. The van der Waals surface area contributed by atoms with Gasteiger partial charge in [-0.3, -0.25) is 4.79 Å². The Morgan fingerprint density at radius 1 is 1.03 bits per heavy atom. The van der Waals surface area contributed by atoms with E-state index in [0.717, 1.165) is 46.7 Å². The van der Waals surface area contributed by atoms with E-state index in [2.05, 4.69) is 24.8 Å². The van der Waals surface area contributed by atoms with Gasteiger partial charge in [-0.25, -0.2) is 14.4 Å². The predicted molar refractivity (Wildman–Crippen MR) is 124 cm³/mol. The maximum Gasteiger partial charge on any atom is 0.233 e. The van der Waals surface area contributed by atoms with Crippen LogP contribution >= 0.6 is 23.1 Å². The molecule has 11 heteroatoms. The molecule has 1 aromatic carbocycles. The summed E-state index contributed by atoms with van der Waals surface area (Å²) in [7, 11) is 0. The number of carbonyl (C=O) groups excluding carboxylic acids is 1. The number of benzene rings is 1. The van der Waals surface area contributed by atoms with Gasteiger partial charge in [-0.1, -0.05) is 23.1 Å². The highest BCUT2D eigenvalue weighted by atomic mass is 32.2. The van der Waals surface area contributed by atoms with Gasteiger partial charge in [-0.05, 0) is 24.3 Å². The number of fused-ring (bicyclic) bond motifs is 1. The molecule has 2 aliphatic rings. The molecular weight excluding hydrogens is 451 g/mol. The number of hydrogen-bond acceptors (Lipinski definition) is 9. The molecule has 32 heavy (non-hydrogen) atoms. The van der Waals surface area contributed by atoms with Crippen LogP contribution in [0.15, 0.2) is 35.6 Å². The minimum atomic E-state index is -0.239. The zero-order chi connectivity index (χ0) is 21.9. The summed E-state index contributed by atoms with van der Waals surface area (Å²) < 4.78 is 19.5. The van der Waals surface area contributed by atoms with Gasteiger partial charge in [0.05, 0.1) is 19.0 Å². The molecule has 0 N–H and O–H groups in total. The molecule has 8 nitrogen and oxygen atoms in total. The maximum atomic E-state index is 13.1. The van der Waals surface area contributed by atoms with Gasteiger partial charge in [0.1, 0.15) is 21.9 Å². The molecule has 0 atom stereocenters. The molecule has 0 radical (unpaired) electrons. The topological polar surface area (TPSA) is 74.7 Å². The van der Waals surface area contributed by atoms with Gasteiger partial charge in [-0.2, -0.15) is 4.98 Å². The van der Waals surface area contributed by atoms with E-state index in [1.807, 2.05) is 4.90 Å². The van der Waals surface area contributed by atoms with Gasteiger partial charge < -0.3 is 19.4 Å². The number of morpholine rings is 1. The smallest absolute Gasteiger partial charge is 0.233 e. The van der Waals surface area contributed by atoms with E-state index >= 15 is 0 Å². The van der Waals surface area contributed by atoms with Crippen LogP contribution in [0, 0.1) is 5.82 Å². The third kappa shape index (κ3) is 4.64. The number of piperazine rings is 1. The van der Waals surface area contributed by atoms with Crippen LogP contribution in [0.4, 0.5) is 15.2 Å². The fourth-order valence-electron chi connectivity index (χ4n) is 3.80. The lowest BCUT2D eigenvalue weighted by Crippen LogP contribution is -2.49. The number of aromatic nitrogens is 3. The SMILES string of the molecule is O=C(CSc1ncnc2nc(N3CCOCC3)sc12)N1CCN(c2ccc(F)cc2)CC1. The number of hydrogen-bond donors (Lipinski definition) is 0. The molecule has 2 saturated heterocycles. The lowest BCUT2D eigenvalue weighted by Gasteiger charge is -2.36. The van der Waals surface area contributed by atoms with Crippen molar-refractivity contribution in [3.8, 4) is 0 Å². The van der Waals surface area contributed by atoms with Crippen molar-refractivity contribution in [1.82, 2.24) is 19.9 Å². The molecule has 168 valence electrons. The number of anilines is 2. The van der Waals surface area contributed by atoms with Crippen molar-refractivity contribution in [1.29, 1.82) is 0 Å². The van der Waals surface area contributed by atoms with Crippen LogP contribution in [-0.2, 0) is 9.53 Å². The summed E-state index contributed by atoms with van der Waals surface area (Å²) in [4.78, 5) is 32.4. The van der Waals surface area contributed by atoms with Crippen molar-refractivity contribution >= 4 is 50.2 Å². The van der Waals surface area contributed by atoms with Crippen LogP contribution in [0.2, 0.25) is 0 Å². The highest BCUT2D eigenvalue weighted by Crippen LogP contribution is 2.34. The number of halogens is 1. The van der Waals surface area contributed by atoms with Gasteiger partial charge >= 0.3 is 0 Å². The molecule has 2 fully saturated rings. The molecule has 3 aromatic rings. The second-order valence-electron chi connectivity index (χ2n) is 7.56. The fraction of sp³-hybridized carbons (Fsp3) is 0.429. The van der Waals surface area contributed by atoms with E-state index in [4.69, 9.17) is 4.74 Å². The molecule has 0 unspecified atom stereocenters. The highest BCUT2D eigenvalue weighted by molar-refractivity contribution is 8.00. The first-order valence-electron chi connectivity index (χ1n) is 10.5. The maximum absolute atomic E-state index is 13.1. The molecule has 0 spiro atoms. The Kier molecular flexibility index (Phi) is 6.37. The monoisotopic (exact) mass is 474 g/mol. The van der Waals surface area contributed by atoms with Gasteiger partial charge in [-0.15, -0.1) is 0 Å². The predicted octanol–water partition coefficient (Wildman–Crippen LogP) is 2.50. The fourth-order valence-corrected chi connectivity index (χ4v) is 5.85. The standard InChI is InChI=1S/C21H23FN6O2S2/c22-15-1-3-16(4-2-15)26-5-7-27(8-6-26)17(29)13-31-20-18-19(23-14-24-20)25-21(32-18)28-9-11-30-12-10-28/h1-4,14H,5-13H2. The van der Waals surface area contributed by atoms with Crippen molar-refractivity contribution < 1.29 is 13.9 Å². The molecule has 4 heterocycles. The summed E-state index contributed by atoms with van der Waals surface area (Å²) in [5.41, 5.74) is 1.66. The van der Waals surface area contributed by atoms with E-state index in [1.54, 1.807) is 23.5 Å². The first-order chi connectivity index (χ1) is 15.7. The third-order valence-electron chi connectivity index (χ3n) is 5.59. The molecular formula is C21H23FN6O2S2. The van der Waals surface area contributed by atoms with E-state index in [-0.39, 0.29) is 11.7 Å². The summed E-state index contributed by atoms with van der Waals surface area (Å²) in [5.74, 6) is 0.183. The molecule has 2 aliphatic heterocycles. The quantitative estimate of drug-likeness (QED) is 0.413. The number of ether oxygens (including phenoxy) is 1. The molecule has 5 rings (SSSR count). The van der Waals surface area contributed by atoms with Gasteiger partial charge in [0.2, 0.25) is 5.91 Å². The number of amides is 1. The molecule has 0 bridgehead atoms. The van der Waals surface area contributed by atoms with Crippen LogP contribution in [0.3, 0.4) is 0 Å². The first-order valence-corrected chi connectivity index (χ1v) is 12.3. The van der Waals surface area contributed by atoms with Crippen molar-refractivity contribution in [2.45, 2.75) is 5.03 Å². The normalized spacial score (nSPS) is 17.2. The second-order valence-corrected chi connectivity index (χ2v) is 9.50. The van der Waals surface area contributed by atoms with Crippen molar-refractivity contribution in [2.75, 3.05) is 68.0 Å². The molecule has 0 aliphatic carbocycles. The Labute approximate surface area is 193 Å². The van der Waals surface area contributed by atoms with E-state index in [1.165, 1.54) is 30.2 Å². The van der Waals surface area contributed by atoms with Crippen LogP contribution in [0.1, 0.15) is 0 Å². The summed E-state index contributed by atoms with van der Waals surface area (Å²) >= 11 is 3.01. The number of nitrogens with zero attached hydrogens (tertiary/aromatic N) is 6. The Balaban J connectivity index is 1.19. The van der Waals surface area contributed by atoms with Crippen LogP contribution in [-0.4, -0.2) is 84.0 Å². The average molecular weight is 475 g/mol. The molecule has 2 aromatic heterocycles. The van der Waals surface area contributed by atoms with Crippen LogP contribution < -0.4 is 9.80 Å². The Morgan fingerprint density at radius 3 is 2.53 bits per heavy atom. The van der Waals surface area contributed by atoms with Crippen molar-refractivity contribution in [2.24, 2.45) is 0 Å². The molecule has 0 saturated carbocycles. The van der Waals surface area contributed by atoms with Crippen LogP contribution in [0.25, 0.3) is 10.3 Å². The Hall–Kier alpha value is -2.50. The number of thioether (sulfide) groups is 1. The number of carbonyl (C=O) groups is 1. The average Bonchev–Trinajstić information content (AvgIpc) is 3.29. The highest BCUT2D eigenvalue weighted by Gasteiger charge is 2.23. The van der Waals surface area contributed by atoms with Gasteiger partial charge in [0, 0.05) is 45.0 Å². The van der Waals surface area contributed by atoms with Gasteiger partial charge in [0.15, 0.2) is 10.8 Å². The van der Waals surface area contributed by atoms with E-state index in [9.17, 15) is 9.18 Å². The summed E-state index contributed by atoms with van der Waals surface area (Å²) in [6.45, 7) is 5.80. The number of thiazole rings is 1. The number of rotatable bonds is 5. The zero-order valence-electron chi connectivity index (χ0n) is 17.4.